The number of hydrogen-bond acceptors (Lipinski definition) is 3. The molecular weight excluding hydrogens is 386 g/mol. The second-order valence-corrected chi connectivity index (χ2v) is 8.32. The second-order valence-electron chi connectivity index (χ2n) is 7.92. The molecule has 6 nitrogen and oxygen atoms in total. The first-order valence-electron chi connectivity index (χ1n) is 10.9. The lowest BCUT2D eigenvalue weighted by atomic mass is 10.1. The number of carbonyl (C=O) groups excluding carboxylic acids is 1. The fraction of sp³-hybridized carbons (Fsp3) is 0.636. The van der Waals surface area contributed by atoms with Gasteiger partial charge < -0.3 is 15.5 Å². The average Bonchev–Trinajstić information content (AvgIpc) is 3.29. The third kappa shape index (κ3) is 6.61. The van der Waals surface area contributed by atoms with Gasteiger partial charge in [-0.1, -0.05) is 42.6 Å². The number of nitrogens with one attached hydrogen (secondary N) is 2. The van der Waals surface area contributed by atoms with Gasteiger partial charge in [-0.3, -0.25) is 14.7 Å². The van der Waals surface area contributed by atoms with Crippen molar-refractivity contribution in [2.45, 2.75) is 32.1 Å². The van der Waals surface area contributed by atoms with E-state index in [1.54, 1.807) is 7.05 Å². The molecule has 0 atom stereocenters. The van der Waals surface area contributed by atoms with Crippen LogP contribution in [0.15, 0.2) is 29.3 Å². The summed E-state index contributed by atoms with van der Waals surface area (Å²) in [6, 6.07) is 7.93. The molecule has 2 fully saturated rings. The van der Waals surface area contributed by atoms with Gasteiger partial charge in [0.05, 0.1) is 0 Å². The van der Waals surface area contributed by atoms with Crippen molar-refractivity contribution in [1.29, 1.82) is 0 Å². The van der Waals surface area contributed by atoms with Crippen molar-refractivity contribution in [3.05, 3.63) is 34.9 Å². The zero-order chi connectivity index (χ0) is 20.5. The first-order valence-corrected chi connectivity index (χ1v) is 11.2. The number of benzene rings is 1. The number of guanidine groups is 1. The minimum atomic E-state index is 0.295. The highest BCUT2D eigenvalue weighted by Gasteiger charge is 2.29. The number of amides is 1. The summed E-state index contributed by atoms with van der Waals surface area (Å²) in [6.45, 7) is 6.21. The third-order valence-corrected chi connectivity index (χ3v) is 6.35. The van der Waals surface area contributed by atoms with Gasteiger partial charge in [-0.15, -0.1) is 0 Å². The summed E-state index contributed by atoms with van der Waals surface area (Å²) in [7, 11) is 1.79. The van der Waals surface area contributed by atoms with E-state index in [9.17, 15) is 4.79 Å². The highest BCUT2D eigenvalue weighted by Crippen LogP contribution is 2.26. The summed E-state index contributed by atoms with van der Waals surface area (Å²) >= 11 is 6.21. The first-order chi connectivity index (χ1) is 14.2. The Morgan fingerprint density at radius 3 is 2.48 bits per heavy atom. The smallest absolute Gasteiger partial charge is 0.225 e. The Hall–Kier alpha value is -1.79. The van der Waals surface area contributed by atoms with Crippen LogP contribution in [0.25, 0.3) is 0 Å². The zero-order valence-electron chi connectivity index (χ0n) is 17.5. The van der Waals surface area contributed by atoms with E-state index < -0.39 is 0 Å². The molecular formula is C22H34ClN5O. The molecule has 0 bridgehead atoms. The standard InChI is InChI=1S/C22H34ClN5O/c1-24-22(25-11-10-18-6-4-5-9-20(18)23)26-12-13-27-14-16-28(17-15-27)21(29)19-7-2-3-8-19/h4-6,9,19H,2-3,7-8,10-17H2,1H3,(H2,24,25,26). The van der Waals surface area contributed by atoms with Gasteiger partial charge >= 0.3 is 0 Å². The van der Waals surface area contributed by atoms with Crippen LogP contribution in [-0.4, -0.2) is 74.5 Å². The van der Waals surface area contributed by atoms with Crippen LogP contribution in [0.3, 0.4) is 0 Å². The van der Waals surface area contributed by atoms with Crippen LogP contribution in [0.2, 0.25) is 5.02 Å². The number of hydrogen-bond donors (Lipinski definition) is 2. The molecule has 1 saturated carbocycles. The van der Waals surface area contributed by atoms with Gasteiger partial charge in [-0.05, 0) is 30.9 Å². The molecule has 1 amide bonds. The van der Waals surface area contributed by atoms with Crippen molar-refractivity contribution < 1.29 is 4.79 Å². The quantitative estimate of drug-likeness (QED) is 0.526. The Morgan fingerprint density at radius 1 is 1.10 bits per heavy atom. The molecule has 0 aromatic heterocycles. The van der Waals surface area contributed by atoms with Gasteiger partial charge in [0, 0.05) is 63.8 Å². The van der Waals surface area contributed by atoms with E-state index in [1.807, 2.05) is 18.2 Å². The first kappa shape index (κ1) is 21.9. The van der Waals surface area contributed by atoms with Gasteiger partial charge in [0.1, 0.15) is 0 Å². The Labute approximate surface area is 179 Å². The predicted octanol–water partition coefficient (Wildman–Crippen LogP) is 2.38. The number of halogens is 1. The SMILES string of the molecule is CN=C(NCCc1ccccc1Cl)NCCN1CCN(C(=O)C2CCCC2)CC1. The van der Waals surface area contributed by atoms with Crippen LogP contribution >= 0.6 is 11.6 Å². The molecule has 160 valence electrons. The summed E-state index contributed by atoms with van der Waals surface area (Å²) in [5, 5.41) is 7.53. The van der Waals surface area contributed by atoms with E-state index in [-0.39, 0.29) is 0 Å². The normalized spacial score (nSPS) is 18.8. The highest BCUT2D eigenvalue weighted by molar-refractivity contribution is 6.31. The van der Waals surface area contributed by atoms with E-state index in [0.29, 0.717) is 11.8 Å². The zero-order valence-corrected chi connectivity index (χ0v) is 18.3. The number of piperazine rings is 1. The van der Waals surface area contributed by atoms with E-state index in [2.05, 4.69) is 31.5 Å². The lowest BCUT2D eigenvalue weighted by molar-refractivity contribution is -0.137. The molecule has 1 aromatic carbocycles. The molecule has 2 aliphatic rings. The maximum atomic E-state index is 12.5. The summed E-state index contributed by atoms with van der Waals surface area (Å²) in [5.41, 5.74) is 1.14. The topological polar surface area (TPSA) is 60.0 Å². The number of carbonyl (C=O) groups is 1. The molecule has 7 heteroatoms. The van der Waals surface area contributed by atoms with Crippen molar-refractivity contribution >= 4 is 23.5 Å². The Kier molecular flexibility index (Phi) is 8.62. The summed E-state index contributed by atoms with van der Waals surface area (Å²) < 4.78 is 0. The molecule has 1 aromatic rings. The fourth-order valence-electron chi connectivity index (χ4n) is 4.19. The van der Waals surface area contributed by atoms with E-state index >= 15 is 0 Å². The molecule has 3 rings (SSSR count). The number of aliphatic imine (C=N–C) groups is 1. The average molecular weight is 420 g/mol. The lowest BCUT2D eigenvalue weighted by Gasteiger charge is -2.36. The van der Waals surface area contributed by atoms with Gasteiger partial charge in [-0.2, -0.15) is 0 Å². The Balaban J connectivity index is 1.30. The molecule has 0 spiro atoms. The minimum Gasteiger partial charge on any atom is -0.356 e. The molecule has 29 heavy (non-hydrogen) atoms. The highest BCUT2D eigenvalue weighted by atomic mass is 35.5. The summed E-state index contributed by atoms with van der Waals surface area (Å²) in [4.78, 5) is 21.3. The molecule has 1 aliphatic heterocycles. The van der Waals surface area contributed by atoms with Gasteiger partial charge in [0.15, 0.2) is 5.96 Å². The maximum absolute atomic E-state index is 12.5. The van der Waals surface area contributed by atoms with Crippen molar-refractivity contribution in [1.82, 2.24) is 20.4 Å². The van der Waals surface area contributed by atoms with Crippen LogP contribution in [-0.2, 0) is 11.2 Å². The number of nitrogens with zero attached hydrogens (tertiary/aromatic N) is 3. The largest absolute Gasteiger partial charge is 0.356 e. The maximum Gasteiger partial charge on any atom is 0.225 e. The van der Waals surface area contributed by atoms with Crippen molar-refractivity contribution in [2.24, 2.45) is 10.9 Å². The van der Waals surface area contributed by atoms with Gasteiger partial charge in [0.2, 0.25) is 5.91 Å². The molecule has 0 unspecified atom stereocenters. The molecule has 1 aliphatic carbocycles. The van der Waals surface area contributed by atoms with E-state index in [4.69, 9.17) is 11.6 Å². The van der Waals surface area contributed by atoms with Crippen LogP contribution < -0.4 is 10.6 Å². The van der Waals surface area contributed by atoms with E-state index in [0.717, 1.165) is 81.6 Å². The van der Waals surface area contributed by atoms with Gasteiger partial charge in [-0.25, -0.2) is 0 Å². The summed E-state index contributed by atoms with van der Waals surface area (Å²) in [5.74, 6) is 1.50. The summed E-state index contributed by atoms with van der Waals surface area (Å²) in [6.07, 6.45) is 5.47. The predicted molar refractivity (Wildman–Crippen MR) is 119 cm³/mol. The van der Waals surface area contributed by atoms with Crippen molar-refractivity contribution in [2.75, 3.05) is 52.9 Å². The minimum absolute atomic E-state index is 0.295. The Bertz CT molecular complexity index is 682. The monoisotopic (exact) mass is 419 g/mol. The molecule has 1 heterocycles. The Morgan fingerprint density at radius 2 is 1.79 bits per heavy atom. The molecule has 1 saturated heterocycles. The lowest BCUT2D eigenvalue weighted by Crippen LogP contribution is -2.52. The van der Waals surface area contributed by atoms with Crippen LogP contribution in [0, 0.1) is 5.92 Å². The fourth-order valence-corrected chi connectivity index (χ4v) is 4.42. The number of rotatable bonds is 7. The second kappa shape index (κ2) is 11.4. The van der Waals surface area contributed by atoms with Crippen LogP contribution in [0.1, 0.15) is 31.2 Å². The third-order valence-electron chi connectivity index (χ3n) is 5.98. The van der Waals surface area contributed by atoms with E-state index in [1.165, 1.54) is 12.8 Å². The molecule has 2 N–H and O–H groups in total. The van der Waals surface area contributed by atoms with Crippen LogP contribution in [0.4, 0.5) is 0 Å². The van der Waals surface area contributed by atoms with Crippen LogP contribution in [0.5, 0.6) is 0 Å². The molecule has 0 radical (unpaired) electrons. The van der Waals surface area contributed by atoms with Crippen molar-refractivity contribution in [3.8, 4) is 0 Å². The van der Waals surface area contributed by atoms with Crippen molar-refractivity contribution in [3.63, 3.8) is 0 Å². The van der Waals surface area contributed by atoms with Gasteiger partial charge in [0.25, 0.3) is 0 Å².